The molecule has 1 aliphatic rings. The molecule has 8 heteroatoms. The lowest BCUT2D eigenvalue weighted by Crippen LogP contribution is -2.54. The van der Waals surface area contributed by atoms with E-state index in [9.17, 15) is 14.0 Å². The molecule has 1 N–H and O–H groups in total. The van der Waals surface area contributed by atoms with Crippen molar-refractivity contribution in [3.05, 3.63) is 69.5 Å². The Morgan fingerprint density at radius 2 is 1.84 bits per heavy atom. The van der Waals surface area contributed by atoms with Crippen LogP contribution < -0.4 is 10.2 Å². The number of amides is 2. The molecule has 0 aromatic heterocycles. The normalized spacial score (nSPS) is 16.4. The van der Waals surface area contributed by atoms with E-state index in [1.807, 2.05) is 0 Å². The first-order valence-corrected chi connectivity index (χ1v) is 8.16. The average molecular weight is 395 g/mol. The fraction of sp³-hybridized carbons (Fsp3) is 0. The lowest BCUT2D eigenvalue weighted by Gasteiger charge is -2.29. The lowest BCUT2D eigenvalue weighted by atomic mass is 10.1. The van der Waals surface area contributed by atoms with Crippen LogP contribution in [0.4, 0.5) is 10.1 Å². The second-order valence-corrected chi connectivity index (χ2v) is 6.31. The molecule has 4 nitrogen and oxygen atoms in total. The Kier molecular flexibility index (Phi) is 4.85. The highest BCUT2D eigenvalue weighted by Gasteiger charge is 2.35. The molecular weight excluding hydrogens is 386 g/mol. The number of halogens is 3. The Bertz CT molecular complexity index is 946. The molecule has 0 aliphatic carbocycles. The van der Waals surface area contributed by atoms with Crippen molar-refractivity contribution in [3.63, 3.8) is 0 Å². The molecule has 1 saturated heterocycles. The Balaban J connectivity index is 2.07. The van der Waals surface area contributed by atoms with Gasteiger partial charge in [0.15, 0.2) is 5.11 Å². The minimum Gasteiger partial charge on any atom is -0.298 e. The van der Waals surface area contributed by atoms with Gasteiger partial charge in [-0.05, 0) is 48.1 Å². The van der Waals surface area contributed by atoms with Gasteiger partial charge in [-0.2, -0.15) is 0 Å². The monoisotopic (exact) mass is 394 g/mol. The molecule has 2 amide bonds. The van der Waals surface area contributed by atoms with Crippen molar-refractivity contribution in [1.29, 1.82) is 0 Å². The van der Waals surface area contributed by atoms with Crippen molar-refractivity contribution < 1.29 is 14.0 Å². The molecule has 0 unspecified atom stereocenters. The van der Waals surface area contributed by atoms with Gasteiger partial charge in [-0.3, -0.25) is 14.9 Å². The number of benzene rings is 2. The number of anilines is 1. The minimum absolute atomic E-state index is 0.0504. The van der Waals surface area contributed by atoms with Crippen molar-refractivity contribution in [3.8, 4) is 0 Å². The molecule has 1 heterocycles. The van der Waals surface area contributed by atoms with Gasteiger partial charge in [-0.25, -0.2) is 9.29 Å². The zero-order chi connectivity index (χ0) is 18.1. The third-order valence-electron chi connectivity index (χ3n) is 3.46. The summed E-state index contributed by atoms with van der Waals surface area (Å²) in [6, 6.07) is 10.3. The van der Waals surface area contributed by atoms with Crippen LogP contribution in [0.5, 0.6) is 0 Å². The van der Waals surface area contributed by atoms with Crippen molar-refractivity contribution in [2.24, 2.45) is 0 Å². The number of thiocarbonyl (C=S) groups is 1. The molecule has 2 aromatic rings. The van der Waals surface area contributed by atoms with Gasteiger partial charge < -0.3 is 0 Å². The van der Waals surface area contributed by atoms with Crippen LogP contribution in [0.3, 0.4) is 0 Å². The van der Waals surface area contributed by atoms with Crippen LogP contribution in [-0.4, -0.2) is 16.9 Å². The minimum atomic E-state index is -0.745. The summed E-state index contributed by atoms with van der Waals surface area (Å²) in [5.74, 6) is -2.07. The summed E-state index contributed by atoms with van der Waals surface area (Å²) in [6.07, 6.45) is 1.31. The fourth-order valence-electron chi connectivity index (χ4n) is 2.28. The van der Waals surface area contributed by atoms with E-state index in [2.05, 4.69) is 5.32 Å². The van der Waals surface area contributed by atoms with E-state index in [-0.39, 0.29) is 21.4 Å². The summed E-state index contributed by atoms with van der Waals surface area (Å²) < 4.78 is 14.1. The highest BCUT2D eigenvalue weighted by Crippen LogP contribution is 2.27. The zero-order valence-electron chi connectivity index (χ0n) is 12.4. The average Bonchev–Trinajstić information content (AvgIpc) is 2.54. The Morgan fingerprint density at radius 1 is 1.12 bits per heavy atom. The largest absolute Gasteiger partial charge is 0.298 e. The molecule has 126 valence electrons. The Hall–Kier alpha value is -2.28. The van der Waals surface area contributed by atoms with Gasteiger partial charge in [0.1, 0.15) is 11.4 Å². The fourth-order valence-corrected chi connectivity index (χ4v) is 3.02. The number of carbonyl (C=O) groups is 2. The SMILES string of the molecule is O=C1NC(=S)N(c2ccccc2F)C(=O)/C1=C/c1ccc(Cl)cc1Cl. The molecule has 3 rings (SSSR count). The maximum atomic E-state index is 14.1. The van der Waals surface area contributed by atoms with Crippen molar-refractivity contribution in [2.75, 3.05) is 4.90 Å². The first-order valence-electron chi connectivity index (χ1n) is 6.99. The summed E-state index contributed by atoms with van der Waals surface area (Å²) >= 11 is 16.9. The number of nitrogens with one attached hydrogen (secondary N) is 1. The highest BCUT2D eigenvalue weighted by atomic mass is 35.5. The first-order chi connectivity index (χ1) is 11.9. The summed E-state index contributed by atoms with van der Waals surface area (Å²) in [7, 11) is 0. The molecule has 0 radical (unpaired) electrons. The molecular formula is C17H9Cl2FN2O2S. The van der Waals surface area contributed by atoms with Crippen molar-refractivity contribution in [1.82, 2.24) is 5.32 Å². The van der Waals surface area contributed by atoms with Crippen LogP contribution in [0, 0.1) is 5.82 Å². The van der Waals surface area contributed by atoms with Gasteiger partial charge in [-0.15, -0.1) is 0 Å². The van der Waals surface area contributed by atoms with Gasteiger partial charge >= 0.3 is 0 Å². The van der Waals surface area contributed by atoms with Gasteiger partial charge in [0.05, 0.1) is 5.69 Å². The number of hydrogen-bond donors (Lipinski definition) is 1. The van der Waals surface area contributed by atoms with Crippen LogP contribution in [-0.2, 0) is 9.59 Å². The predicted molar refractivity (Wildman–Crippen MR) is 99.1 cm³/mol. The molecule has 2 aromatic carbocycles. The van der Waals surface area contributed by atoms with Gasteiger partial charge in [0.25, 0.3) is 11.8 Å². The highest BCUT2D eigenvalue weighted by molar-refractivity contribution is 7.80. The van der Waals surface area contributed by atoms with E-state index in [1.165, 1.54) is 30.3 Å². The molecule has 1 aliphatic heterocycles. The number of carbonyl (C=O) groups excluding carboxylic acids is 2. The van der Waals surface area contributed by atoms with E-state index in [1.54, 1.807) is 18.2 Å². The molecule has 25 heavy (non-hydrogen) atoms. The lowest BCUT2D eigenvalue weighted by molar-refractivity contribution is -0.122. The smallest absolute Gasteiger partial charge is 0.270 e. The van der Waals surface area contributed by atoms with Gasteiger partial charge in [-0.1, -0.05) is 41.4 Å². The van der Waals surface area contributed by atoms with Crippen LogP contribution >= 0.6 is 35.4 Å². The van der Waals surface area contributed by atoms with Crippen molar-refractivity contribution >= 4 is 64.1 Å². The van der Waals surface area contributed by atoms with Crippen LogP contribution in [0.2, 0.25) is 10.0 Å². The van der Waals surface area contributed by atoms with Crippen LogP contribution in [0.1, 0.15) is 5.56 Å². The predicted octanol–water partition coefficient (Wildman–Crippen LogP) is 3.96. The van der Waals surface area contributed by atoms with Crippen molar-refractivity contribution in [2.45, 2.75) is 0 Å². The molecule has 1 fully saturated rings. The van der Waals surface area contributed by atoms with Crippen LogP contribution in [0.25, 0.3) is 6.08 Å². The van der Waals surface area contributed by atoms with E-state index in [4.69, 9.17) is 35.4 Å². The number of rotatable bonds is 2. The molecule has 0 atom stereocenters. The summed E-state index contributed by atoms with van der Waals surface area (Å²) in [5, 5.41) is 2.87. The molecule has 0 bridgehead atoms. The van der Waals surface area contributed by atoms with Crippen LogP contribution in [0.15, 0.2) is 48.0 Å². The van der Waals surface area contributed by atoms with E-state index in [0.29, 0.717) is 10.6 Å². The van der Waals surface area contributed by atoms with E-state index < -0.39 is 17.6 Å². The Morgan fingerprint density at radius 3 is 2.52 bits per heavy atom. The molecule has 0 spiro atoms. The maximum absolute atomic E-state index is 14.1. The standard InChI is InChI=1S/C17H9Cl2FN2O2S/c18-10-6-5-9(12(19)8-10)7-11-15(23)21-17(25)22(16(11)24)14-4-2-1-3-13(14)20/h1-8H,(H,21,23,25)/b11-7+. The molecule has 0 saturated carbocycles. The summed E-state index contributed by atoms with van der Waals surface area (Å²) in [5.41, 5.74) is 0.151. The second-order valence-electron chi connectivity index (χ2n) is 5.08. The quantitative estimate of drug-likeness (QED) is 0.476. The summed E-state index contributed by atoms with van der Waals surface area (Å²) in [4.78, 5) is 25.9. The summed E-state index contributed by atoms with van der Waals surface area (Å²) in [6.45, 7) is 0. The topological polar surface area (TPSA) is 49.4 Å². The number of nitrogens with zero attached hydrogens (tertiary/aromatic N) is 1. The van der Waals surface area contributed by atoms with Gasteiger partial charge in [0, 0.05) is 10.0 Å². The third-order valence-corrected chi connectivity index (χ3v) is 4.30. The van der Waals surface area contributed by atoms with Gasteiger partial charge in [0.2, 0.25) is 0 Å². The van der Waals surface area contributed by atoms with E-state index >= 15 is 0 Å². The Labute approximate surface area is 157 Å². The van der Waals surface area contributed by atoms with E-state index in [0.717, 1.165) is 4.90 Å². The zero-order valence-corrected chi connectivity index (χ0v) is 14.8. The first kappa shape index (κ1) is 17.5. The second kappa shape index (κ2) is 6.92. The third kappa shape index (κ3) is 3.42. The number of para-hydroxylation sites is 1. The number of hydrogen-bond acceptors (Lipinski definition) is 3. The maximum Gasteiger partial charge on any atom is 0.270 e.